The molecule has 1 saturated heterocycles. The van der Waals surface area contributed by atoms with E-state index in [1.54, 1.807) is 7.11 Å². The first-order valence-corrected chi connectivity index (χ1v) is 12.9. The Bertz CT molecular complexity index is 1330. The minimum absolute atomic E-state index is 0.0591. The lowest BCUT2D eigenvalue weighted by Crippen LogP contribution is -2.41. The molecule has 36 heavy (non-hydrogen) atoms. The van der Waals surface area contributed by atoms with Crippen LogP contribution in [0.15, 0.2) is 65.6 Å². The number of ether oxygens (including phenoxy) is 1. The molecule has 0 saturated carbocycles. The van der Waals surface area contributed by atoms with Crippen molar-refractivity contribution in [2.24, 2.45) is 5.92 Å². The number of nitrogens with one attached hydrogen (secondary N) is 2. The number of piperidine rings is 1. The Hall–Kier alpha value is -3.99. The molecule has 2 heterocycles. The first-order chi connectivity index (χ1) is 17.2. The third-order valence-corrected chi connectivity index (χ3v) is 7.31. The fourth-order valence-corrected chi connectivity index (χ4v) is 5.01. The van der Waals surface area contributed by atoms with Crippen LogP contribution in [0.3, 0.4) is 0 Å². The average Bonchev–Trinajstić information content (AvgIpc) is 2.88. The summed E-state index contributed by atoms with van der Waals surface area (Å²) in [5.41, 5.74) is 2.15. The van der Waals surface area contributed by atoms with E-state index < -0.39 is 15.9 Å². The van der Waals surface area contributed by atoms with Crippen LogP contribution in [0, 0.1) is 5.92 Å². The average molecular weight is 510 g/mol. The van der Waals surface area contributed by atoms with Crippen molar-refractivity contribution >= 4 is 33.3 Å². The summed E-state index contributed by atoms with van der Waals surface area (Å²) in [6, 6.07) is 17.1. The number of amides is 2. The van der Waals surface area contributed by atoms with Gasteiger partial charge in [0.05, 0.1) is 23.6 Å². The van der Waals surface area contributed by atoms with Crippen molar-refractivity contribution in [1.82, 2.24) is 14.9 Å². The SMILES string of the molecule is COc1ccc(-c2ccc(N3CCCC(C(=O)Nc4ccc(S(=O)(=O)NC(C)=O)cc4)C3)nn2)cc1. The van der Waals surface area contributed by atoms with E-state index in [0.717, 1.165) is 43.3 Å². The van der Waals surface area contributed by atoms with Gasteiger partial charge in [0.15, 0.2) is 5.82 Å². The minimum Gasteiger partial charge on any atom is -0.497 e. The smallest absolute Gasteiger partial charge is 0.264 e. The van der Waals surface area contributed by atoms with Crippen LogP contribution in [0.5, 0.6) is 5.75 Å². The molecule has 188 valence electrons. The molecule has 0 radical (unpaired) electrons. The highest BCUT2D eigenvalue weighted by Crippen LogP contribution is 2.25. The van der Waals surface area contributed by atoms with E-state index in [0.29, 0.717) is 18.1 Å². The van der Waals surface area contributed by atoms with Gasteiger partial charge < -0.3 is 15.0 Å². The summed E-state index contributed by atoms with van der Waals surface area (Å²) in [5, 5.41) is 11.6. The quantitative estimate of drug-likeness (QED) is 0.497. The van der Waals surface area contributed by atoms with Gasteiger partial charge in [0.1, 0.15) is 5.75 Å². The third kappa shape index (κ3) is 5.98. The Balaban J connectivity index is 1.38. The van der Waals surface area contributed by atoms with Gasteiger partial charge in [0.2, 0.25) is 11.8 Å². The van der Waals surface area contributed by atoms with Gasteiger partial charge in [-0.25, -0.2) is 13.1 Å². The maximum absolute atomic E-state index is 12.9. The number of hydrogen-bond acceptors (Lipinski definition) is 8. The van der Waals surface area contributed by atoms with Gasteiger partial charge >= 0.3 is 0 Å². The molecule has 11 heteroatoms. The highest BCUT2D eigenvalue weighted by molar-refractivity contribution is 7.90. The van der Waals surface area contributed by atoms with Gasteiger partial charge in [0.25, 0.3) is 10.0 Å². The minimum atomic E-state index is -3.92. The fourth-order valence-electron chi connectivity index (χ4n) is 4.02. The molecule has 1 aliphatic rings. The second kappa shape index (κ2) is 10.7. The number of methoxy groups -OCH3 is 1. The summed E-state index contributed by atoms with van der Waals surface area (Å²) in [5.74, 6) is 0.392. The first kappa shape index (κ1) is 25.1. The molecule has 0 spiro atoms. The van der Waals surface area contributed by atoms with E-state index >= 15 is 0 Å². The van der Waals surface area contributed by atoms with Crippen molar-refractivity contribution in [3.05, 3.63) is 60.7 Å². The predicted molar refractivity (Wildman–Crippen MR) is 135 cm³/mol. The van der Waals surface area contributed by atoms with Crippen molar-refractivity contribution in [1.29, 1.82) is 0 Å². The van der Waals surface area contributed by atoms with Gasteiger partial charge in [0, 0.05) is 31.3 Å². The second-order valence-corrected chi connectivity index (χ2v) is 10.1. The second-order valence-electron chi connectivity index (χ2n) is 8.47. The largest absolute Gasteiger partial charge is 0.497 e. The molecular formula is C25H27N5O5S. The van der Waals surface area contributed by atoms with E-state index in [-0.39, 0.29) is 16.7 Å². The number of aromatic nitrogens is 2. The molecule has 1 unspecified atom stereocenters. The van der Waals surface area contributed by atoms with Crippen LogP contribution in [0.2, 0.25) is 0 Å². The summed E-state index contributed by atoms with van der Waals surface area (Å²) in [6.07, 6.45) is 1.56. The summed E-state index contributed by atoms with van der Waals surface area (Å²) < 4.78 is 31.3. The monoisotopic (exact) mass is 509 g/mol. The lowest BCUT2D eigenvalue weighted by atomic mass is 9.97. The highest BCUT2D eigenvalue weighted by Gasteiger charge is 2.27. The topological polar surface area (TPSA) is 131 Å². The highest BCUT2D eigenvalue weighted by atomic mass is 32.2. The molecule has 1 aliphatic heterocycles. The van der Waals surface area contributed by atoms with Gasteiger partial charge in [-0.1, -0.05) is 0 Å². The number of rotatable bonds is 7. The van der Waals surface area contributed by atoms with Crippen molar-refractivity contribution < 1.29 is 22.7 Å². The van der Waals surface area contributed by atoms with E-state index in [1.807, 2.05) is 46.0 Å². The molecular weight excluding hydrogens is 482 g/mol. The molecule has 1 aromatic heterocycles. The van der Waals surface area contributed by atoms with Gasteiger partial charge in [-0.15, -0.1) is 10.2 Å². The standard InChI is InChI=1S/C25H27N5O5S/c1-17(31)29-36(33,34)22-11-7-20(8-12-22)26-25(32)19-4-3-15-30(16-19)24-14-13-23(27-28-24)18-5-9-21(35-2)10-6-18/h5-14,19H,3-4,15-16H2,1-2H3,(H,26,32)(H,29,31). The number of carbonyl (C=O) groups is 2. The Labute approximate surface area is 209 Å². The van der Waals surface area contributed by atoms with E-state index in [4.69, 9.17) is 4.74 Å². The van der Waals surface area contributed by atoms with Crippen molar-refractivity contribution in [3.63, 3.8) is 0 Å². The number of sulfonamides is 1. The zero-order valence-electron chi connectivity index (χ0n) is 20.0. The van der Waals surface area contributed by atoms with Crippen molar-refractivity contribution in [2.45, 2.75) is 24.7 Å². The third-order valence-electron chi connectivity index (χ3n) is 5.86. The molecule has 4 rings (SSSR count). The Kier molecular flexibility index (Phi) is 7.49. The predicted octanol–water partition coefficient (Wildman–Crippen LogP) is 2.83. The lowest BCUT2D eigenvalue weighted by Gasteiger charge is -2.32. The number of hydrogen-bond donors (Lipinski definition) is 2. The summed E-state index contributed by atoms with van der Waals surface area (Å²) in [6.45, 7) is 2.40. The van der Waals surface area contributed by atoms with Crippen LogP contribution in [-0.2, 0) is 19.6 Å². The van der Waals surface area contributed by atoms with E-state index in [9.17, 15) is 18.0 Å². The first-order valence-electron chi connectivity index (χ1n) is 11.4. The van der Waals surface area contributed by atoms with Crippen molar-refractivity contribution in [3.8, 4) is 17.0 Å². The summed E-state index contributed by atoms with van der Waals surface area (Å²) in [7, 11) is -2.31. The van der Waals surface area contributed by atoms with Crippen LogP contribution >= 0.6 is 0 Å². The fraction of sp³-hybridized carbons (Fsp3) is 0.280. The normalized spacial score (nSPS) is 15.7. The van der Waals surface area contributed by atoms with Crippen molar-refractivity contribution in [2.75, 3.05) is 30.4 Å². The zero-order chi connectivity index (χ0) is 25.7. The molecule has 0 aliphatic carbocycles. The Morgan fingerprint density at radius 3 is 2.33 bits per heavy atom. The molecule has 2 aromatic carbocycles. The van der Waals surface area contributed by atoms with Crippen LogP contribution in [0.4, 0.5) is 11.5 Å². The molecule has 1 fully saturated rings. The number of nitrogens with zero attached hydrogens (tertiary/aromatic N) is 3. The van der Waals surface area contributed by atoms with Gasteiger partial charge in [-0.3, -0.25) is 9.59 Å². The van der Waals surface area contributed by atoms with E-state index in [1.165, 1.54) is 24.3 Å². The molecule has 3 aromatic rings. The summed E-state index contributed by atoms with van der Waals surface area (Å²) >= 11 is 0. The van der Waals surface area contributed by atoms with Gasteiger partial charge in [-0.05, 0) is 73.5 Å². The van der Waals surface area contributed by atoms with Crippen LogP contribution < -0.4 is 19.7 Å². The molecule has 10 nitrogen and oxygen atoms in total. The van der Waals surface area contributed by atoms with E-state index in [2.05, 4.69) is 15.5 Å². The maximum atomic E-state index is 12.9. The van der Waals surface area contributed by atoms with Crippen LogP contribution in [-0.4, -0.2) is 50.6 Å². The molecule has 0 bridgehead atoms. The Morgan fingerprint density at radius 2 is 1.72 bits per heavy atom. The molecule has 2 N–H and O–H groups in total. The maximum Gasteiger partial charge on any atom is 0.264 e. The lowest BCUT2D eigenvalue weighted by molar-refractivity contribution is -0.120. The Morgan fingerprint density at radius 1 is 1.00 bits per heavy atom. The summed E-state index contributed by atoms with van der Waals surface area (Å²) in [4.78, 5) is 26.0. The molecule has 1 atom stereocenters. The zero-order valence-corrected chi connectivity index (χ0v) is 20.8. The van der Waals surface area contributed by atoms with Crippen LogP contribution in [0.1, 0.15) is 19.8 Å². The number of anilines is 2. The number of carbonyl (C=O) groups excluding carboxylic acids is 2. The van der Waals surface area contributed by atoms with Crippen LogP contribution in [0.25, 0.3) is 11.3 Å². The number of benzene rings is 2. The van der Waals surface area contributed by atoms with Gasteiger partial charge in [-0.2, -0.15) is 0 Å². The molecule has 2 amide bonds.